The first-order chi connectivity index (χ1) is 7.45. The molecule has 2 heteroatoms. The Balaban J connectivity index is 1.85. The summed E-state index contributed by atoms with van der Waals surface area (Å²) in [6.07, 6.45) is 9.79. The predicted molar refractivity (Wildman–Crippen MR) is 65.2 cm³/mol. The van der Waals surface area contributed by atoms with Crippen LogP contribution in [0, 0.1) is 5.92 Å². The molecule has 0 bridgehead atoms. The molecule has 15 heavy (non-hydrogen) atoms. The molecule has 2 unspecified atom stereocenters. The lowest BCUT2D eigenvalue weighted by Gasteiger charge is -2.32. The molecule has 0 saturated heterocycles. The van der Waals surface area contributed by atoms with Crippen molar-refractivity contribution in [1.82, 2.24) is 5.32 Å². The standard InChI is InChI=1S/C13H17NS/c1-2-4-10(5-3-1)12-13-11(6-8-14-12)7-9-15-13/h1-2,7,9-10,12,14H,3-6,8H2. The molecule has 3 rings (SSSR count). The van der Waals surface area contributed by atoms with E-state index in [2.05, 4.69) is 28.9 Å². The molecular formula is C13H17NS. The zero-order valence-electron chi connectivity index (χ0n) is 8.91. The van der Waals surface area contributed by atoms with Gasteiger partial charge in [0.05, 0.1) is 0 Å². The van der Waals surface area contributed by atoms with Crippen LogP contribution in [-0.4, -0.2) is 6.54 Å². The minimum Gasteiger partial charge on any atom is -0.309 e. The first-order valence-electron chi connectivity index (χ1n) is 5.90. The summed E-state index contributed by atoms with van der Waals surface area (Å²) >= 11 is 1.94. The Morgan fingerprint density at radius 3 is 3.20 bits per heavy atom. The third kappa shape index (κ3) is 1.77. The minimum absolute atomic E-state index is 0.638. The molecule has 0 aromatic carbocycles. The predicted octanol–water partition coefficient (Wildman–Crippen LogP) is 3.29. The quantitative estimate of drug-likeness (QED) is 0.715. The molecule has 1 nitrogen and oxygen atoms in total. The Morgan fingerprint density at radius 2 is 2.33 bits per heavy atom. The molecule has 2 atom stereocenters. The van der Waals surface area contributed by atoms with Crippen LogP contribution in [-0.2, 0) is 6.42 Å². The van der Waals surface area contributed by atoms with Crippen LogP contribution in [0.5, 0.6) is 0 Å². The fourth-order valence-corrected chi connectivity index (χ4v) is 3.91. The molecule has 1 aromatic heterocycles. The van der Waals surface area contributed by atoms with Crippen molar-refractivity contribution in [3.05, 3.63) is 34.0 Å². The van der Waals surface area contributed by atoms with Crippen molar-refractivity contribution in [2.75, 3.05) is 6.54 Å². The summed E-state index contributed by atoms with van der Waals surface area (Å²) in [5.74, 6) is 0.827. The van der Waals surface area contributed by atoms with Gasteiger partial charge in [0.15, 0.2) is 0 Å². The Labute approximate surface area is 95.2 Å². The largest absolute Gasteiger partial charge is 0.309 e. The van der Waals surface area contributed by atoms with Gasteiger partial charge in [0.25, 0.3) is 0 Å². The van der Waals surface area contributed by atoms with Crippen LogP contribution in [0.1, 0.15) is 35.7 Å². The molecule has 1 aliphatic carbocycles. The number of nitrogens with one attached hydrogen (secondary N) is 1. The number of hydrogen-bond acceptors (Lipinski definition) is 2. The summed E-state index contributed by atoms with van der Waals surface area (Å²) < 4.78 is 0. The third-order valence-corrected chi connectivity index (χ3v) is 4.65. The molecule has 2 heterocycles. The molecule has 0 radical (unpaired) electrons. The zero-order valence-corrected chi connectivity index (χ0v) is 9.72. The summed E-state index contributed by atoms with van der Waals surface area (Å²) in [7, 11) is 0. The van der Waals surface area contributed by atoms with Crippen LogP contribution in [0.25, 0.3) is 0 Å². The van der Waals surface area contributed by atoms with E-state index in [1.807, 2.05) is 11.3 Å². The first kappa shape index (κ1) is 9.61. The van der Waals surface area contributed by atoms with Crippen LogP contribution in [0.15, 0.2) is 23.6 Å². The second kappa shape index (κ2) is 4.11. The third-order valence-electron chi connectivity index (χ3n) is 3.60. The van der Waals surface area contributed by atoms with Crippen molar-refractivity contribution in [1.29, 1.82) is 0 Å². The monoisotopic (exact) mass is 219 g/mol. The Kier molecular flexibility index (Phi) is 2.63. The van der Waals surface area contributed by atoms with Gasteiger partial charge in [0.1, 0.15) is 0 Å². The molecule has 1 aliphatic heterocycles. The Bertz CT molecular complexity index is 366. The van der Waals surface area contributed by atoms with E-state index >= 15 is 0 Å². The molecule has 2 aliphatic rings. The highest BCUT2D eigenvalue weighted by Crippen LogP contribution is 2.37. The van der Waals surface area contributed by atoms with E-state index in [0.717, 1.165) is 12.5 Å². The van der Waals surface area contributed by atoms with Gasteiger partial charge in [0.2, 0.25) is 0 Å². The SMILES string of the molecule is C1=CCC(C2NCCc3ccsc32)CC1. The van der Waals surface area contributed by atoms with Gasteiger partial charge in [-0.2, -0.15) is 0 Å². The number of fused-ring (bicyclic) bond motifs is 1. The molecule has 0 spiro atoms. The lowest BCUT2D eigenvalue weighted by Crippen LogP contribution is -2.34. The number of rotatable bonds is 1. The topological polar surface area (TPSA) is 12.0 Å². The van der Waals surface area contributed by atoms with E-state index in [1.54, 1.807) is 10.4 Å². The molecule has 0 fully saturated rings. The normalized spacial score (nSPS) is 30.1. The van der Waals surface area contributed by atoms with Gasteiger partial charge >= 0.3 is 0 Å². The van der Waals surface area contributed by atoms with E-state index in [-0.39, 0.29) is 0 Å². The number of allylic oxidation sites excluding steroid dienone is 2. The summed E-state index contributed by atoms with van der Waals surface area (Å²) in [6.45, 7) is 1.16. The maximum atomic E-state index is 3.71. The van der Waals surface area contributed by atoms with Crippen LogP contribution in [0.2, 0.25) is 0 Å². The van der Waals surface area contributed by atoms with Crippen molar-refractivity contribution < 1.29 is 0 Å². The first-order valence-corrected chi connectivity index (χ1v) is 6.78. The smallest absolute Gasteiger partial charge is 0.0449 e. The van der Waals surface area contributed by atoms with Gasteiger partial charge in [-0.3, -0.25) is 0 Å². The van der Waals surface area contributed by atoms with E-state index < -0.39 is 0 Å². The van der Waals surface area contributed by atoms with Gasteiger partial charge in [-0.05, 0) is 55.2 Å². The van der Waals surface area contributed by atoms with Crippen LogP contribution in [0.4, 0.5) is 0 Å². The number of hydrogen-bond donors (Lipinski definition) is 1. The van der Waals surface area contributed by atoms with E-state index in [4.69, 9.17) is 0 Å². The number of thiophene rings is 1. The molecule has 0 amide bonds. The summed E-state index contributed by atoms with van der Waals surface area (Å²) in [5, 5.41) is 5.96. The van der Waals surface area contributed by atoms with Crippen LogP contribution < -0.4 is 5.32 Å². The van der Waals surface area contributed by atoms with Crippen LogP contribution >= 0.6 is 11.3 Å². The van der Waals surface area contributed by atoms with E-state index in [9.17, 15) is 0 Å². The van der Waals surface area contributed by atoms with Gasteiger partial charge < -0.3 is 5.32 Å². The molecule has 80 valence electrons. The van der Waals surface area contributed by atoms with Crippen molar-refractivity contribution in [2.45, 2.75) is 31.7 Å². The van der Waals surface area contributed by atoms with Crippen LogP contribution in [0.3, 0.4) is 0 Å². The highest BCUT2D eigenvalue weighted by Gasteiger charge is 2.28. The van der Waals surface area contributed by atoms with Gasteiger partial charge in [-0.25, -0.2) is 0 Å². The summed E-state index contributed by atoms with van der Waals surface area (Å²) in [4.78, 5) is 1.61. The molecule has 1 aromatic rings. The average Bonchev–Trinajstić information content (AvgIpc) is 2.78. The fourth-order valence-electron chi connectivity index (χ4n) is 2.78. The molecule has 0 saturated carbocycles. The van der Waals surface area contributed by atoms with E-state index in [1.165, 1.54) is 25.7 Å². The second-order valence-corrected chi connectivity index (χ2v) is 5.48. The second-order valence-electron chi connectivity index (χ2n) is 4.54. The Morgan fingerprint density at radius 1 is 1.33 bits per heavy atom. The van der Waals surface area contributed by atoms with E-state index in [0.29, 0.717) is 6.04 Å². The lowest BCUT2D eigenvalue weighted by atomic mass is 9.84. The maximum absolute atomic E-state index is 3.71. The maximum Gasteiger partial charge on any atom is 0.0449 e. The molecular weight excluding hydrogens is 202 g/mol. The highest BCUT2D eigenvalue weighted by molar-refractivity contribution is 7.10. The average molecular weight is 219 g/mol. The van der Waals surface area contributed by atoms with Crippen molar-refractivity contribution in [3.63, 3.8) is 0 Å². The summed E-state index contributed by atoms with van der Waals surface area (Å²) in [5.41, 5.74) is 1.60. The van der Waals surface area contributed by atoms with Crippen molar-refractivity contribution >= 4 is 11.3 Å². The van der Waals surface area contributed by atoms with Gasteiger partial charge in [-0.15, -0.1) is 11.3 Å². The molecule has 1 N–H and O–H groups in total. The van der Waals surface area contributed by atoms with Crippen molar-refractivity contribution in [3.8, 4) is 0 Å². The van der Waals surface area contributed by atoms with Crippen molar-refractivity contribution in [2.24, 2.45) is 5.92 Å². The van der Waals surface area contributed by atoms with Gasteiger partial charge in [-0.1, -0.05) is 12.2 Å². The van der Waals surface area contributed by atoms with Gasteiger partial charge in [0, 0.05) is 10.9 Å². The zero-order chi connectivity index (χ0) is 10.1. The Hall–Kier alpha value is -0.600. The summed E-state index contributed by atoms with van der Waals surface area (Å²) in [6, 6.07) is 2.95. The fraction of sp³-hybridized carbons (Fsp3) is 0.538. The lowest BCUT2D eigenvalue weighted by molar-refractivity contribution is 0.330. The highest BCUT2D eigenvalue weighted by atomic mass is 32.1. The minimum atomic E-state index is 0.638.